The van der Waals surface area contributed by atoms with Gasteiger partial charge in [0.25, 0.3) is 5.69 Å². The Kier molecular flexibility index (Phi) is 4.56. The molecule has 2 aromatic rings. The molecule has 2 aromatic carbocycles. The zero-order chi connectivity index (χ0) is 24.8. The number of non-ortho nitro benzene ring substituents is 1. The molecule has 0 unspecified atom stereocenters. The topological polar surface area (TPSA) is 122 Å². The molecular formula is C24H21ClN4O6. The number of benzene rings is 2. The summed E-state index contributed by atoms with van der Waals surface area (Å²) in [6, 6.07) is 6.97. The van der Waals surface area contributed by atoms with Crippen molar-refractivity contribution in [2.24, 2.45) is 11.8 Å². The number of nitrogens with zero attached hydrogens (tertiary/aromatic N) is 3. The smallest absolute Gasteiger partial charge is 0.273 e. The fourth-order valence-corrected chi connectivity index (χ4v) is 6.75. The van der Waals surface area contributed by atoms with Crippen LogP contribution in [0.5, 0.6) is 5.75 Å². The van der Waals surface area contributed by atoms with E-state index < -0.39 is 34.1 Å². The minimum absolute atomic E-state index is 0.0390. The second-order valence-corrected chi connectivity index (χ2v) is 9.75. The van der Waals surface area contributed by atoms with Gasteiger partial charge in [-0.1, -0.05) is 17.7 Å². The second kappa shape index (κ2) is 7.25. The highest BCUT2D eigenvalue weighted by Gasteiger charge is 2.74. The maximum atomic E-state index is 14.1. The second-order valence-electron chi connectivity index (χ2n) is 9.35. The number of amides is 3. The first-order valence-electron chi connectivity index (χ1n) is 11.3. The van der Waals surface area contributed by atoms with Crippen LogP contribution in [0.25, 0.3) is 0 Å². The minimum Gasteiger partial charge on any atom is -0.494 e. The van der Waals surface area contributed by atoms with Crippen molar-refractivity contribution >= 4 is 46.4 Å². The summed E-state index contributed by atoms with van der Waals surface area (Å²) in [6.07, 6.45) is 1.48. The molecule has 3 amide bonds. The van der Waals surface area contributed by atoms with E-state index in [9.17, 15) is 24.5 Å². The number of anilines is 2. The fourth-order valence-electron chi connectivity index (χ4n) is 6.59. The van der Waals surface area contributed by atoms with Crippen LogP contribution in [0.3, 0.4) is 0 Å². The lowest BCUT2D eigenvalue weighted by Gasteiger charge is -2.36. The van der Waals surface area contributed by atoms with Gasteiger partial charge in [0.15, 0.2) is 0 Å². The fraction of sp³-hybridized carbons (Fsp3) is 0.375. The lowest BCUT2D eigenvalue weighted by molar-refractivity contribution is -0.384. The van der Waals surface area contributed by atoms with Gasteiger partial charge in [-0.3, -0.25) is 29.4 Å². The van der Waals surface area contributed by atoms with Crippen LogP contribution < -0.4 is 15.0 Å². The van der Waals surface area contributed by atoms with E-state index in [2.05, 4.69) is 5.32 Å². The normalized spacial score (nSPS) is 28.9. The van der Waals surface area contributed by atoms with Crippen molar-refractivity contribution in [3.8, 4) is 5.75 Å². The molecule has 0 bridgehead atoms. The van der Waals surface area contributed by atoms with Crippen molar-refractivity contribution in [3.05, 3.63) is 56.6 Å². The maximum Gasteiger partial charge on any atom is 0.273 e. The standard InChI is InChI=1S/C24H21ClN4O6/c1-11-14(25)7-6-13-20(11)26-23(32)24(13)19-18(16-4-3-9-27(16)24)21(30)28(22(19)31)15-8-5-12(29(33)34)10-17(15)35-2/h5-8,10,16,18-19H,3-4,9H2,1-2H3,(H,26,32)/t16-,18+,19+,24+/m0/s1. The Morgan fingerprint density at radius 2 is 1.97 bits per heavy atom. The number of hydrogen-bond donors (Lipinski definition) is 1. The van der Waals surface area contributed by atoms with Gasteiger partial charge < -0.3 is 10.1 Å². The highest BCUT2D eigenvalue weighted by molar-refractivity contribution is 6.32. The number of carbonyl (C=O) groups is 3. The van der Waals surface area contributed by atoms with Gasteiger partial charge in [-0.15, -0.1) is 0 Å². The number of imide groups is 1. The van der Waals surface area contributed by atoms with Crippen molar-refractivity contribution in [1.82, 2.24) is 4.90 Å². The van der Waals surface area contributed by atoms with Crippen LogP contribution in [0, 0.1) is 28.9 Å². The van der Waals surface area contributed by atoms with E-state index in [1.54, 1.807) is 12.1 Å². The summed E-state index contributed by atoms with van der Waals surface area (Å²) in [6.45, 7) is 2.40. The molecule has 35 heavy (non-hydrogen) atoms. The summed E-state index contributed by atoms with van der Waals surface area (Å²) in [5.74, 6) is -2.90. The highest BCUT2D eigenvalue weighted by Crippen LogP contribution is 2.61. The lowest BCUT2D eigenvalue weighted by Crippen LogP contribution is -2.54. The third-order valence-corrected chi connectivity index (χ3v) is 8.39. The van der Waals surface area contributed by atoms with Crippen molar-refractivity contribution in [1.29, 1.82) is 0 Å². The van der Waals surface area contributed by atoms with Crippen molar-refractivity contribution in [3.63, 3.8) is 0 Å². The average molecular weight is 497 g/mol. The molecule has 0 saturated carbocycles. The molecule has 0 aliphatic carbocycles. The largest absolute Gasteiger partial charge is 0.494 e. The summed E-state index contributed by atoms with van der Waals surface area (Å²) < 4.78 is 5.32. The molecule has 11 heteroatoms. The molecule has 1 spiro atoms. The zero-order valence-corrected chi connectivity index (χ0v) is 19.7. The first-order chi connectivity index (χ1) is 16.7. The molecule has 0 radical (unpaired) electrons. The first-order valence-corrected chi connectivity index (χ1v) is 11.7. The molecule has 4 aliphatic heterocycles. The van der Waals surface area contributed by atoms with E-state index in [4.69, 9.17) is 16.3 Å². The Bertz CT molecular complexity index is 1360. The molecule has 4 heterocycles. The number of hydrogen-bond acceptors (Lipinski definition) is 7. The molecule has 10 nitrogen and oxygen atoms in total. The molecule has 3 fully saturated rings. The summed E-state index contributed by atoms with van der Waals surface area (Å²) in [4.78, 5) is 55.4. The van der Waals surface area contributed by atoms with Gasteiger partial charge >= 0.3 is 0 Å². The molecule has 6 rings (SSSR count). The number of nitrogens with one attached hydrogen (secondary N) is 1. The van der Waals surface area contributed by atoms with Crippen LogP contribution in [0.1, 0.15) is 24.0 Å². The van der Waals surface area contributed by atoms with Crippen molar-refractivity contribution in [2.75, 3.05) is 23.9 Å². The van der Waals surface area contributed by atoms with E-state index in [1.807, 2.05) is 11.8 Å². The third kappa shape index (κ3) is 2.55. The van der Waals surface area contributed by atoms with E-state index >= 15 is 0 Å². The number of nitro benzene ring substituents is 1. The van der Waals surface area contributed by atoms with Crippen LogP contribution >= 0.6 is 11.6 Å². The summed E-state index contributed by atoms with van der Waals surface area (Å²) >= 11 is 6.33. The number of nitro groups is 1. The SMILES string of the molecule is COc1cc([N+](=O)[O-])ccc1N1C(=O)[C@@H]2[C@@H]3CCCN3[C@@]3(C(=O)Nc4c3ccc(Cl)c4C)[C@H]2C1=O. The number of methoxy groups -OCH3 is 1. The molecule has 4 aliphatic rings. The number of ether oxygens (including phenoxy) is 1. The molecule has 180 valence electrons. The predicted molar refractivity (Wildman–Crippen MR) is 125 cm³/mol. The van der Waals surface area contributed by atoms with E-state index in [-0.39, 0.29) is 29.1 Å². The summed E-state index contributed by atoms with van der Waals surface area (Å²) in [7, 11) is 1.32. The molecule has 4 atom stereocenters. The van der Waals surface area contributed by atoms with Gasteiger partial charge in [-0.2, -0.15) is 0 Å². The molecule has 3 saturated heterocycles. The van der Waals surface area contributed by atoms with Crippen LogP contribution in [0.4, 0.5) is 17.1 Å². The predicted octanol–water partition coefficient (Wildman–Crippen LogP) is 3.00. The molecule has 0 aromatic heterocycles. The zero-order valence-electron chi connectivity index (χ0n) is 18.9. The van der Waals surface area contributed by atoms with Gasteiger partial charge in [-0.05, 0) is 44.0 Å². The van der Waals surface area contributed by atoms with Crippen LogP contribution in [0.2, 0.25) is 5.02 Å². The van der Waals surface area contributed by atoms with Crippen LogP contribution in [-0.4, -0.2) is 47.2 Å². The first kappa shape index (κ1) is 22.0. The van der Waals surface area contributed by atoms with Gasteiger partial charge in [0.2, 0.25) is 17.7 Å². The van der Waals surface area contributed by atoms with Gasteiger partial charge in [0.1, 0.15) is 11.3 Å². The monoisotopic (exact) mass is 496 g/mol. The minimum atomic E-state index is -1.33. The third-order valence-electron chi connectivity index (χ3n) is 7.98. The van der Waals surface area contributed by atoms with Crippen molar-refractivity contribution < 1.29 is 24.0 Å². The van der Waals surface area contributed by atoms with Gasteiger partial charge in [0.05, 0.1) is 41.3 Å². The number of carbonyl (C=O) groups excluding carboxylic acids is 3. The Morgan fingerprint density at radius 1 is 1.20 bits per heavy atom. The van der Waals surface area contributed by atoms with Crippen molar-refractivity contribution in [2.45, 2.75) is 31.3 Å². The molecular weight excluding hydrogens is 476 g/mol. The lowest BCUT2D eigenvalue weighted by atomic mass is 9.75. The summed E-state index contributed by atoms with van der Waals surface area (Å²) in [5.41, 5.74) is 0.529. The number of halogens is 1. The van der Waals surface area contributed by atoms with E-state index in [0.717, 1.165) is 11.3 Å². The summed E-state index contributed by atoms with van der Waals surface area (Å²) in [5, 5.41) is 14.7. The van der Waals surface area contributed by atoms with Gasteiger partial charge in [0, 0.05) is 22.7 Å². The Morgan fingerprint density at radius 3 is 2.69 bits per heavy atom. The molecule has 1 N–H and O–H groups in total. The van der Waals surface area contributed by atoms with Crippen LogP contribution in [0.15, 0.2) is 30.3 Å². The van der Waals surface area contributed by atoms with Gasteiger partial charge in [-0.25, -0.2) is 4.90 Å². The Hall–Kier alpha value is -3.50. The number of rotatable bonds is 3. The van der Waals surface area contributed by atoms with E-state index in [1.165, 1.54) is 25.3 Å². The number of fused-ring (bicyclic) bond motifs is 7. The maximum absolute atomic E-state index is 14.1. The van der Waals surface area contributed by atoms with E-state index in [0.29, 0.717) is 34.8 Å². The Labute approximate surface area is 204 Å². The Balaban J connectivity index is 1.54. The highest BCUT2D eigenvalue weighted by atomic mass is 35.5. The van der Waals surface area contributed by atoms with Crippen LogP contribution in [-0.2, 0) is 19.9 Å². The quantitative estimate of drug-likeness (QED) is 0.393. The average Bonchev–Trinajstić information content (AvgIpc) is 3.54.